The van der Waals surface area contributed by atoms with Gasteiger partial charge in [0, 0.05) is 0 Å². The Morgan fingerprint density at radius 2 is 1.88 bits per heavy atom. The highest BCUT2D eigenvalue weighted by molar-refractivity contribution is 5.80. The van der Waals surface area contributed by atoms with E-state index in [-0.39, 0.29) is 5.56 Å². The van der Waals surface area contributed by atoms with E-state index in [0.717, 1.165) is 0 Å². The van der Waals surface area contributed by atoms with Gasteiger partial charge in [0.25, 0.3) is 0 Å². The number of rotatable bonds is 3. The molecule has 1 aromatic rings. The van der Waals surface area contributed by atoms with E-state index in [4.69, 9.17) is 5.11 Å². The van der Waals surface area contributed by atoms with Crippen LogP contribution in [0, 0.1) is 0 Å². The summed E-state index contributed by atoms with van der Waals surface area (Å²) in [5, 5.41) is 27.7. The van der Waals surface area contributed by atoms with Gasteiger partial charge in [-0.3, -0.25) is 4.79 Å². The number of esters is 1. The van der Waals surface area contributed by atoms with E-state index in [2.05, 4.69) is 11.3 Å². The van der Waals surface area contributed by atoms with Crippen LogP contribution in [-0.2, 0) is 9.53 Å². The van der Waals surface area contributed by atoms with Crippen molar-refractivity contribution in [1.82, 2.24) is 0 Å². The molecule has 1 aromatic carbocycles. The van der Waals surface area contributed by atoms with Gasteiger partial charge in [-0.15, -0.1) is 6.58 Å². The fourth-order valence-electron chi connectivity index (χ4n) is 1.30. The average molecular weight is 224 g/mol. The molecule has 0 aromatic heterocycles. The molecule has 16 heavy (non-hydrogen) atoms. The third-order valence-corrected chi connectivity index (χ3v) is 2.14. The smallest absolute Gasteiger partial charge is 0.317 e. The molecule has 1 unspecified atom stereocenters. The Morgan fingerprint density at radius 3 is 2.25 bits per heavy atom. The van der Waals surface area contributed by atoms with Crippen LogP contribution in [0.25, 0.3) is 0 Å². The number of methoxy groups -OCH3 is 1. The SMILES string of the molecule is C=CC(C(=O)OC)c1cc(O)c(O)c(O)c1. The minimum Gasteiger partial charge on any atom is -0.504 e. The van der Waals surface area contributed by atoms with E-state index in [1.54, 1.807) is 0 Å². The Labute approximate surface area is 92.2 Å². The van der Waals surface area contributed by atoms with E-state index >= 15 is 0 Å². The number of benzene rings is 1. The van der Waals surface area contributed by atoms with Gasteiger partial charge in [-0.25, -0.2) is 0 Å². The predicted molar refractivity (Wildman–Crippen MR) is 56.4 cm³/mol. The molecule has 0 heterocycles. The Kier molecular flexibility index (Phi) is 3.40. The average Bonchev–Trinajstić information content (AvgIpc) is 2.26. The summed E-state index contributed by atoms with van der Waals surface area (Å²) in [4.78, 5) is 11.3. The van der Waals surface area contributed by atoms with Crippen molar-refractivity contribution in [2.75, 3.05) is 7.11 Å². The summed E-state index contributed by atoms with van der Waals surface area (Å²) in [6.07, 6.45) is 1.32. The number of carbonyl (C=O) groups is 1. The van der Waals surface area contributed by atoms with Gasteiger partial charge in [0.2, 0.25) is 0 Å². The Balaban J connectivity index is 3.21. The van der Waals surface area contributed by atoms with Crippen molar-refractivity contribution >= 4 is 5.97 Å². The summed E-state index contributed by atoms with van der Waals surface area (Å²) in [5.41, 5.74) is 0.287. The summed E-state index contributed by atoms with van der Waals surface area (Å²) < 4.78 is 4.53. The molecular weight excluding hydrogens is 212 g/mol. The van der Waals surface area contributed by atoms with E-state index < -0.39 is 29.1 Å². The number of hydrogen-bond donors (Lipinski definition) is 3. The van der Waals surface area contributed by atoms with Gasteiger partial charge in [-0.1, -0.05) is 6.08 Å². The zero-order chi connectivity index (χ0) is 12.3. The number of phenolic OH excluding ortho intramolecular Hbond substituents is 3. The molecule has 1 atom stereocenters. The summed E-state index contributed by atoms with van der Waals surface area (Å²) in [6, 6.07) is 2.33. The summed E-state index contributed by atoms with van der Waals surface area (Å²) in [5.74, 6) is -3.02. The number of ether oxygens (including phenoxy) is 1. The van der Waals surface area contributed by atoms with E-state index in [1.165, 1.54) is 25.3 Å². The molecule has 0 bridgehead atoms. The van der Waals surface area contributed by atoms with E-state index in [9.17, 15) is 15.0 Å². The second kappa shape index (κ2) is 4.57. The molecule has 0 aliphatic carbocycles. The van der Waals surface area contributed by atoms with Crippen LogP contribution in [0.3, 0.4) is 0 Å². The van der Waals surface area contributed by atoms with Crippen LogP contribution in [-0.4, -0.2) is 28.4 Å². The van der Waals surface area contributed by atoms with Crippen molar-refractivity contribution < 1.29 is 24.9 Å². The monoisotopic (exact) mass is 224 g/mol. The molecule has 1 rings (SSSR count). The van der Waals surface area contributed by atoms with Crippen LogP contribution in [0.5, 0.6) is 17.2 Å². The maximum Gasteiger partial charge on any atom is 0.317 e. The van der Waals surface area contributed by atoms with Gasteiger partial charge >= 0.3 is 5.97 Å². The molecule has 0 aliphatic heterocycles. The van der Waals surface area contributed by atoms with Crippen molar-refractivity contribution in [3.05, 3.63) is 30.4 Å². The first-order chi connectivity index (χ1) is 7.51. The molecule has 0 radical (unpaired) electrons. The maximum absolute atomic E-state index is 11.3. The van der Waals surface area contributed by atoms with Crippen molar-refractivity contribution in [2.24, 2.45) is 0 Å². The lowest BCUT2D eigenvalue weighted by Crippen LogP contribution is -2.11. The van der Waals surface area contributed by atoms with Gasteiger partial charge in [0.1, 0.15) is 0 Å². The van der Waals surface area contributed by atoms with Crippen LogP contribution in [0.15, 0.2) is 24.8 Å². The molecule has 3 N–H and O–H groups in total. The van der Waals surface area contributed by atoms with Crippen molar-refractivity contribution in [3.8, 4) is 17.2 Å². The molecule has 86 valence electrons. The molecule has 0 aliphatic rings. The van der Waals surface area contributed by atoms with Crippen molar-refractivity contribution in [1.29, 1.82) is 0 Å². The molecule has 5 heteroatoms. The van der Waals surface area contributed by atoms with Gasteiger partial charge in [0.05, 0.1) is 13.0 Å². The second-order valence-electron chi connectivity index (χ2n) is 3.14. The third kappa shape index (κ3) is 2.08. The highest BCUT2D eigenvalue weighted by Gasteiger charge is 2.20. The van der Waals surface area contributed by atoms with Crippen LogP contribution in [0.2, 0.25) is 0 Å². The Bertz CT molecular complexity index is 401. The summed E-state index contributed by atoms with van der Waals surface area (Å²) in [6.45, 7) is 3.46. The van der Waals surface area contributed by atoms with Gasteiger partial charge < -0.3 is 20.1 Å². The standard InChI is InChI=1S/C11H12O5/c1-3-7(11(15)16-2)6-4-8(12)10(14)9(13)5-6/h3-5,7,12-14H,1H2,2H3. The first-order valence-electron chi connectivity index (χ1n) is 4.46. The van der Waals surface area contributed by atoms with Crippen LogP contribution < -0.4 is 0 Å². The van der Waals surface area contributed by atoms with Crippen molar-refractivity contribution in [2.45, 2.75) is 5.92 Å². The lowest BCUT2D eigenvalue weighted by Gasteiger charge is -2.12. The summed E-state index contributed by atoms with van der Waals surface area (Å²) in [7, 11) is 1.22. The summed E-state index contributed by atoms with van der Waals surface area (Å²) >= 11 is 0. The number of carbonyl (C=O) groups excluding carboxylic acids is 1. The Morgan fingerprint density at radius 1 is 1.38 bits per heavy atom. The molecule has 0 saturated heterocycles. The minimum absolute atomic E-state index is 0.287. The highest BCUT2D eigenvalue weighted by Crippen LogP contribution is 2.37. The van der Waals surface area contributed by atoms with Crippen LogP contribution in [0.1, 0.15) is 11.5 Å². The second-order valence-corrected chi connectivity index (χ2v) is 3.14. The molecule has 5 nitrogen and oxygen atoms in total. The normalized spacial score (nSPS) is 11.8. The van der Waals surface area contributed by atoms with Crippen LogP contribution >= 0.6 is 0 Å². The van der Waals surface area contributed by atoms with E-state index in [0.29, 0.717) is 0 Å². The number of phenols is 3. The fourth-order valence-corrected chi connectivity index (χ4v) is 1.30. The quantitative estimate of drug-likeness (QED) is 0.408. The first kappa shape index (κ1) is 11.9. The fraction of sp³-hybridized carbons (Fsp3) is 0.182. The van der Waals surface area contributed by atoms with Crippen LogP contribution in [0.4, 0.5) is 0 Å². The van der Waals surface area contributed by atoms with Crippen molar-refractivity contribution in [3.63, 3.8) is 0 Å². The zero-order valence-corrected chi connectivity index (χ0v) is 8.67. The molecular formula is C11H12O5. The highest BCUT2D eigenvalue weighted by atomic mass is 16.5. The molecule has 0 saturated carbocycles. The van der Waals surface area contributed by atoms with E-state index in [1.807, 2.05) is 0 Å². The lowest BCUT2D eigenvalue weighted by atomic mass is 9.98. The first-order valence-corrected chi connectivity index (χ1v) is 4.46. The van der Waals surface area contributed by atoms with Gasteiger partial charge in [-0.05, 0) is 17.7 Å². The number of aromatic hydroxyl groups is 3. The van der Waals surface area contributed by atoms with Gasteiger partial charge in [0.15, 0.2) is 17.2 Å². The largest absolute Gasteiger partial charge is 0.504 e. The predicted octanol–water partition coefficient (Wildman–Crippen LogP) is 1.25. The lowest BCUT2D eigenvalue weighted by molar-refractivity contribution is -0.141. The minimum atomic E-state index is -0.803. The number of hydrogen-bond acceptors (Lipinski definition) is 5. The maximum atomic E-state index is 11.3. The Hall–Kier alpha value is -2.17. The zero-order valence-electron chi connectivity index (χ0n) is 8.67. The van der Waals surface area contributed by atoms with Gasteiger partial charge in [-0.2, -0.15) is 0 Å². The third-order valence-electron chi connectivity index (χ3n) is 2.14. The molecule has 0 spiro atoms. The molecule has 0 fully saturated rings. The molecule has 0 amide bonds. The topological polar surface area (TPSA) is 87.0 Å².